The Morgan fingerprint density at radius 3 is 2.71 bits per heavy atom. The van der Waals surface area contributed by atoms with Crippen molar-refractivity contribution in [2.75, 3.05) is 0 Å². The van der Waals surface area contributed by atoms with E-state index in [1.54, 1.807) is 18.2 Å². The van der Waals surface area contributed by atoms with Gasteiger partial charge in [0.25, 0.3) is 0 Å². The molecule has 76 valence electrons. The Balaban J connectivity index is 2.42. The molecule has 0 aromatic rings. The summed E-state index contributed by atoms with van der Waals surface area (Å²) in [5.74, 6) is -2.12. The van der Waals surface area contributed by atoms with Crippen molar-refractivity contribution in [2.24, 2.45) is 0 Å². The van der Waals surface area contributed by atoms with Crippen molar-refractivity contribution in [2.45, 2.75) is 6.18 Å². The molecular formula is C8H5F3IO2+. The molecule has 0 N–H and O–H groups in total. The van der Waals surface area contributed by atoms with Gasteiger partial charge in [-0.05, 0) is 0 Å². The number of carbonyl (C=O) groups excluding carboxylic acids is 1. The summed E-state index contributed by atoms with van der Waals surface area (Å²) >= 11 is -1.56. The van der Waals surface area contributed by atoms with Gasteiger partial charge in [0.05, 0.1) is 0 Å². The summed E-state index contributed by atoms with van der Waals surface area (Å²) in [7, 11) is 0. The minimum absolute atomic E-state index is 0.593. The second kappa shape index (κ2) is 4.56. The molecule has 0 bridgehead atoms. The van der Waals surface area contributed by atoms with Gasteiger partial charge in [-0.25, -0.2) is 0 Å². The molecule has 14 heavy (non-hydrogen) atoms. The fourth-order valence-electron chi connectivity index (χ4n) is 0.562. The summed E-state index contributed by atoms with van der Waals surface area (Å²) in [6, 6.07) is 0. The molecule has 0 spiro atoms. The molecule has 0 aromatic heterocycles. The monoisotopic (exact) mass is 317 g/mol. The van der Waals surface area contributed by atoms with E-state index in [2.05, 4.69) is 9.14 Å². The fraction of sp³-hybridized carbons (Fsp3) is 0.125. The predicted octanol–water partition coefficient (Wildman–Crippen LogP) is 2.52. The van der Waals surface area contributed by atoms with E-state index in [1.165, 1.54) is 6.08 Å². The fourth-order valence-corrected chi connectivity index (χ4v) is 2.04. The molecule has 2 nitrogen and oxygen atoms in total. The molecule has 0 heterocycles. The summed E-state index contributed by atoms with van der Waals surface area (Å²) in [5, 5.41) is 0. The Bertz CT molecular complexity index is 315. The topological polar surface area (TPSA) is 26.3 Å². The normalized spacial score (nSPS) is 14.9. The van der Waals surface area contributed by atoms with Gasteiger partial charge in [-0.15, -0.1) is 0 Å². The van der Waals surface area contributed by atoms with Gasteiger partial charge in [0, 0.05) is 0 Å². The number of hydrogen-bond acceptors (Lipinski definition) is 2. The van der Waals surface area contributed by atoms with Crippen molar-refractivity contribution in [1.29, 1.82) is 0 Å². The second-order valence-electron chi connectivity index (χ2n) is 2.19. The number of carbonyl (C=O) groups is 1. The number of rotatable bonds is 2. The van der Waals surface area contributed by atoms with E-state index >= 15 is 0 Å². The van der Waals surface area contributed by atoms with Crippen LogP contribution in [-0.2, 0) is 7.86 Å². The maximum absolute atomic E-state index is 11.7. The second-order valence-corrected chi connectivity index (χ2v) is 4.49. The Kier molecular flexibility index (Phi) is 3.65. The van der Waals surface area contributed by atoms with E-state index in [-0.39, 0.29) is 0 Å². The van der Waals surface area contributed by atoms with Crippen molar-refractivity contribution in [3.63, 3.8) is 0 Å². The molecule has 0 fully saturated rings. The van der Waals surface area contributed by atoms with Gasteiger partial charge >= 0.3 is 88.8 Å². The minimum atomic E-state index is -4.90. The zero-order valence-corrected chi connectivity index (χ0v) is 9.00. The third kappa shape index (κ3) is 3.47. The molecule has 0 amide bonds. The predicted molar refractivity (Wildman–Crippen MR) is 52.6 cm³/mol. The van der Waals surface area contributed by atoms with Crippen LogP contribution >= 0.6 is 21.6 Å². The third-order valence-corrected chi connectivity index (χ3v) is 3.07. The first kappa shape index (κ1) is 11.2. The Labute approximate surface area is 88.9 Å². The van der Waals surface area contributed by atoms with Crippen LogP contribution in [0.5, 0.6) is 0 Å². The van der Waals surface area contributed by atoms with Crippen LogP contribution in [0.15, 0.2) is 27.9 Å². The summed E-state index contributed by atoms with van der Waals surface area (Å²) in [5.41, 5.74) is 0. The van der Waals surface area contributed by atoms with Crippen LogP contribution in [0, 0.1) is 6.08 Å². The summed E-state index contributed by atoms with van der Waals surface area (Å²) < 4.78 is 39.8. The molecule has 0 saturated heterocycles. The van der Waals surface area contributed by atoms with E-state index in [0.717, 1.165) is 0 Å². The number of halogens is 4. The molecule has 1 aliphatic carbocycles. The van der Waals surface area contributed by atoms with Crippen molar-refractivity contribution >= 4 is 27.6 Å². The van der Waals surface area contributed by atoms with Gasteiger partial charge < -0.3 is 0 Å². The number of alkyl halides is 3. The van der Waals surface area contributed by atoms with Crippen LogP contribution in [0.1, 0.15) is 0 Å². The summed E-state index contributed by atoms with van der Waals surface area (Å²) in [6.07, 6.45) is 4.13. The van der Waals surface area contributed by atoms with E-state index in [9.17, 15) is 18.0 Å². The molecule has 6 heteroatoms. The third-order valence-electron chi connectivity index (χ3n) is 1.12. The maximum atomic E-state index is 11.7. The Morgan fingerprint density at radius 1 is 1.50 bits per heavy atom. The molecule has 0 radical (unpaired) electrons. The zero-order valence-electron chi connectivity index (χ0n) is 6.67. The zero-order chi connectivity index (χ0) is 10.6. The average molecular weight is 317 g/mol. The van der Waals surface area contributed by atoms with E-state index in [4.69, 9.17) is 0 Å². The molecule has 0 saturated carbocycles. The van der Waals surface area contributed by atoms with Crippen LogP contribution in [0.25, 0.3) is 0 Å². The van der Waals surface area contributed by atoms with Gasteiger partial charge in [-0.3, -0.25) is 0 Å². The first-order valence-electron chi connectivity index (χ1n) is 3.42. The van der Waals surface area contributed by atoms with Crippen molar-refractivity contribution < 1.29 is 21.0 Å². The van der Waals surface area contributed by atoms with Gasteiger partial charge in [-0.1, -0.05) is 0 Å². The van der Waals surface area contributed by atoms with Crippen LogP contribution in [0.3, 0.4) is 0 Å². The van der Waals surface area contributed by atoms with E-state index in [1.807, 2.05) is 0 Å². The van der Waals surface area contributed by atoms with Crippen molar-refractivity contribution in [3.8, 4) is 0 Å². The molecule has 0 aliphatic heterocycles. The van der Waals surface area contributed by atoms with Crippen molar-refractivity contribution in [1.82, 2.24) is 0 Å². The van der Waals surface area contributed by atoms with Gasteiger partial charge in [0.2, 0.25) is 0 Å². The average Bonchev–Trinajstić information content (AvgIpc) is 2.14. The number of allylic oxidation sites excluding steroid dienone is 6. The molecule has 0 aromatic carbocycles. The number of hydrogen-bond donors (Lipinski definition) is 0. The molecule has 0 unspecified atom stereocenters. The van der Waals surface area contributed by atoms with Crippen LogP contribution < -0.4 is 0 Å². The Hall–Kier alpha value is -0.880. The van der Waals surface area contributed by atoms with Crippen LogP contribution in [0.2, 0.25) is 0 Å². The SMILES string of the molecule is O=C(O[IH]C1=CC=C[C+]=C1)C(F)(F)F. The molecule has 1 aliphatic rings. The van der Waals surface area contributed by atoms with Gasteiger partial charge in [0.15, 0.2) is 0 Å². The molecular weight excluding hydrogens is 312 g/mol. The molecule has 1 rings (SSSR count). The van der Waals surface area contributed by atoms with E-state index in [0.29, 0.717) is 3.58 Å². The standard InChI is InChI=1S/C8H5F3IO2/c9-8(10,11)7(13)14-12-6-4-2-1-3-5-6/h1-2,4-5,12H/q+1. The van der Waals surface area contributed by atoms with Gasteiger partial charge in [-0.2, -0.15) is 0 Å². The van der Waals surface area contributed by atoms with Crippen LogP contribution in [0.4, 0.5) is 13.2 Å². The first-order chi connectivity index (χ1) is 6.50. The van der Waals surface area contributed by atoms with Crippen LogP contribution in [-0.4, -0.2) is 12.1 Å². The summed E-state index contributed by atoms with van der Waals surface area (Å²) in [4.78, 5) is 10.3. The first-order valence-corrected chi connectivity index (χ1v) is 5.53. The quantitative estimate of drug-likeness (QED) is 0.578. The van der Waals surface area contributed by atoms with Crippen molar-refractivity contribution in [3.05, 3.63) is 34.0 Å². The van der Waals surface area contributed by atoms with Gasteiger partial charge in [0.1, 0.15) is 0 Å². The molecule has 0 atom stereocenters. The summed E-state index contributed by atoms with van der Waals surface area (Å²) in [6.45, 7) is 0. The van der Waals surface area contributed by atoms with E-state index < -0.39 is 33.8 Å². The Morgan fingerprint density at radius 2 is 2.21 bits per heavy atom.